The SMILES string of the molecule is CCC[C@@H]1C2=C(C/C(=C\CO)[C@H](O)CC(=O)[C@@H]1O)C(=O)OC2=O. The normalized spacial score (nSPS) is 30.9. The van der Waals surface area contributed by atoms with E-state index in [1.807, 2.05) is 6.92 Å². The fourth-order valence-corrected chi connectivity index (χ4v) is 3.06. The molecule has 0 aromatic carbocycles. The Bertz CT molecular complexity index is 587. The highest BCUT2D eigenvalue weighted by Crippen LogP contribution is 2.36. The Hall–Kier alpha value is -1.83. The van der Waals surface area contributed by atoms with Gasteiger partial charge in [0.05, 0.1) is 23.9 Å². The van der Waals surface area contributed by atoms with E-state index in [-0.39, 0.29) is 36.2 Å². The van der Waals surface area contributed by atoms with E-state index >= 15 is 0 Å². The van der Waals surface area contributed by atoms with E-state index in [1.54, 1.807) is 0 Å². The first kappa shape index (κ1) is 17.5. The third-order valence-corrected chi connectivity index (χ3v) is 4.22. The maximum Gasteiger partial charge on any atom is 0.342 e. The van der Waals surface area contributed by atoms with Gasteiger partial charge in [0.2, 0.25) is 0 Å². The molecule has 0 saturated carbocycles. The zero-order valence-electron chi connectivity index (χ0n) is 12.8. The van der Waals surface area contributed by atoms with Crippen molar-refractivity contribution in [2.75, 3.05) is 6.61 Å². The Morgan fingerprint density at radius 3 is 2.52 bits per heavy atom. The fourth-order valence-electron chi connectivity index (χ4n) is 3.06. The number of carbonyl (C=O) groups is 3. The molecule has 7 heteroatoms. The van der Waals surface area contributed by atoms with E-state index < -0.39 is 35.8 Å². The summed E-state index contributed by atoms with van der Waals surface area (Å²) in [6.45, 7) is 1.45. The van der Waals surface area contributed by atoms with Crippen LogP contribution >= 0.6 is 0 Å². The summed E-state index contributed by atoms with van der Waals surface area (Å²) in [6, 6.07) is 0. The third-order valence-electron chi connectivity index (χ3n) is 4.22. The number of ketones is 1. The minimum atomic E-state index is -1.48. The van der Waals surface area contributed by atoms with Gasteiger partial charge in [-0.25, -0.2) is 9.59 Å². The summed E-state index contributed by atoms with van der Waals surface area (Å²) in [4.78, 5) is 36.2. The van der Waals surface area contributed by atoms with Gasteiger partial charge in [-0.1, -0.05) is 19.4 Å². The largest absolute Gasteiger partial charge is 0.392 e. The molecule has 0 aromatic heterocycles. The van der Waals surface area contributed by atoms with Crippen molar-refractivity contribution in [2.24, 2.45) is 5.92 Å². The van der Waals surface area contributed by atoms with E-state index in [0.717, 1.165) is 0 Å². The quantitative estimate of drug-likeness (QED) is 0.373. The van der Waals surface area contributed by atoms with E-state index in [4.69, 9.17) is 5.11 Å². The molecular formula is C16H20O7. The summed E-state index contributed by atoms with van der Waals surface area (Å²) >= 11 is 0. The number of hydrogen-bond donors (Lipinski definition) is 3. The lowest BCUT2D eigenvalue weighted by Gasteiger charge is -2.21. The van der Waals surface area contributed by atoms with Crippen LogP contribution in [0.3, 0.4) is 0 Å². The molecule has 0 radical (unpaired) electrons. The van der Waals surface area contributed by atoms with Gasteiger partial charge in [0.1, 0.15) is 6.10 Å². The van der Waals surface area contributed by atoms with Crippen molar-refractivity contribution in [2.45, 2.75) is 44.8 Å². The number of ether oxygens (including phenoxy) is 1. The van der Waals surface area contributed by atoms with Gasteiger partial charge in [0, 0.05) is 18.8 Å². The topological polar surface area (TPSA) is 121 Å². The van der Waals surface area contributed by atoms with Crippen LogP contribution in [0.1, 0.15) is 32.6 Å². The fraction of sp³-hybridized carbons (Fsp3) is 0.562. The maximum absolute atomic E-state index is 12.2. The first-order valence-electron chi connectivity index (χ1n) is 7.58. The summed E-state index contributed by atoms with van der Waals surface area (Å²) in [5, 5.41) is 29.5. The minimum Gasteiger partial charge on any atom is -0.392 e. The maximum atomic E-state index is 12.2. The molecule has 3 atom stereocenters. The average molecular weight is 324 g/mol. The van der Waals surface area contributed by atoms with Crippen molar-refractivity contribution in [1.29, 1.82) is 0 Å². The van der Waals surface area contributed by atoms with E-state index in [0.29, 0.717) is 12.8 Å². The molecule has 126 valence electrons. The lowest BCUT2D eigenvalue weighted by atomic mass is 9.84. The molecule has 1 aliphatic carbocycles. The van der Waals surface area contributed by atoms with Crippen molar-refractivity contribution >= 4 is 17.7 Å². The van der Waals surface area contributed by atoms with Gasteiger partial charge in [-0.05, 0) is 12.0 Å². The number of esters is 2. The Morgan fingerprint density at radius 2 is 1.91 bits per heavy atom. The predicted octanol–water partition coefficient (Wildman–Crippen LogP) is -0.214. The summed E-state index contributed by atoms with van der Waals surface area (Å²) in [5.41, 5.74) is 0.306. The summed E-state index contributed by atoms with van der Waals surface area (Å²) in [6.07, 6.45) is -0.925. The van der Waals surface area contributed by atoms with Crippen molar-refractivity contribution in [3.8, 4) is 0 Å². The van der Waals surface area contributed by atoms with Crippen LogP contribution < -0.4 is 0 Å². The molecule has 0 bridgehead atoms. The molecule has 3 N–H and O–H groups in total. The zero-order valence-corrected chi connectivity index (χ0v) is 12.8. The molecule has 2 aliphatic rings. The number of aliphatic hydroxyl groups excluding tert-OH is 3. The van der Waals surface area contributed by atoms with Gasteiger partial charge in [-0.3, -0.25) is 4.79 Å². The highest BCUT2D eigenvalue weighted by atomic mass is 16.6. The van der Waals surface area contributed by atoms with E-state index in [2.05, 4.69) is 4.74 Å². The van der Waals surface area contributed by atoms with Gasteiger partial charge in [0.25, 0.3) is 0 Å². The van der Waals surface area contributed by atoms with Crippen LogP contribution in [0.2, 0.25) is 0 Å². The first-order chi connectivity index (χ1) is 10.9. The molecule has 1 heterocycles. The molecular weight excluding hydrogens is 304 g/mol. The zero-order chi connectivity index (χ0) is 17.1. The molecule has 0 amide bonds. The van der Waals surface area contributed by atoms with Crippen molar-refractivity contribution in [3.63, 3.8) is 0 Å². The highest BCUT2D eigenvalue weighted by Gasteiger charge is 2.43. The van der Waals surface area contributed by atoms with Crippen LogP contribution in [0.15, 0.2) is 22.8 Å². The Labute approximate surface area is 133 Å². The van der Waals surface area contributed by atoms with Gasteiger partial charge in [0.15, 0.2) is 5.78 Å². The average Bonchev–Trinajstić information content (AvgIpc) is 2.78. The first-order valence-corrected chi connectivity index (χ1v) is 7.58. The molecule has 23 heavy (non-hydrogen) atoms. The Morgan fingerprint density at radius 1 is 1.22 bits per heavy atom. The number of carbonyl (C=O) groups excluding carboxylic acids is 3. The third kappa shape index (κ3) is 3.41. The molecule has 1 aliphatic heterocycles. The number of cyclic esters (lactones) is 2. The van der Waals surface area contributed by atoms with E-state index in [1.165, 1.54) is 6.08 Å². The van der Waals surface area contributed by atoms with Gasteiger partial charge >= 0.3 is 11.9 Å². The van der Waals surface area contributed by atoms with Crippen LogP contribution in [-0.2, 0) is 19.1 Å². The molecule has 0 fully saturated rings. The van der Waals surface area contributed by atoms with Crippen molar-refractivity contribution < 1.29 is 34.4 Å². The Kier molecular flexibility index (Phi) is 5.46. The van der Waals surface area contributed by atoms with Crippen LogP contribution in [0.25, 0.3) is 0 Å². The molecule has 7 nitrogen and oxygen atoms in total. The predicted molar refractivity (Wildman–Crippen MR) is 77.9 cm³/mol. The molecule has 2 rings (SSSR count). The monoisotopic (exact) mass is 324 g/mol. The number of Topliss-reactive ketones (excluding diaryl/α,β-unsaturated/α-hetero) is 1. The van der Waals surface area contributed by atoms with Gasteiger partial charge < -0.3 is 20.1 Å². The second-order valence-corrected chi connectivity index (χ2v) is 5.73. The van der Waals surface area contributed by atoms with Crippen LogP contribution in [0.4, 0.5) is 0 Å². The number of hydrogen-bond acceptors (Lipinski definition) is 7. The van der Waals surface area contributed by atoms with Crippen LogP contribution in [-0.4, -0.2) is 51.9 Å². The van der Waals surface area contributed by atoms with Gasteiger partial charge in [-0.2, -0.15) is 0 Å². The molecule has 0 spiro atoms. The highest BCUT2D eigenvalue weighted by molar-refractivity contribution is 6.13. The van der Waals surface area contributed by atoms with Crippen molar-refractivity contribution in [1.82, 2.24) is 0 Å². The summed E-state index contributed by atoms with van der Waals surface area (Å²) in [5.74, 6) is -3.12. The lowest BCUT2D eigenvalue weighted by molar-refractivity contribution is -0.151. The second kappa shape index (κ2) is 7.16. The van der Waals surface area contributed by atoms with Crippen LogP contribution in [0.5, 0.6) is 0 Å². The number of aliphatic hydroxyl groups is 3. The number of rotatable bonds is 3. The summed E-state index contributed by atoms with van der Waals surface area (Å²) in [7, 11) is 0. The standard InChI is InChI=1S/C16H20O7/c1-2-3-9-13-10(15(21)23-16(13)22)6-8(4-5-17)11(18)7-12(19)14(9)20/h4,9,11,14,17-18,20H,2-3,5-7H2,1H3/b8-4+/t9-,11-,14-/m1/s1. The molecule has 0 unspecified atom stereocenters. The van der Waals surface area contributed by atoms with E-state index in [9.17, 15) is 24.6 Å². The minimum absolute atomic E-state index is 0.00985. The smallest absolute Gasteiger partial charge is 0.342 e. The lowest BCUT2D eigenvalue weighted by Crippen LogP contribution is -2.34. The second-order valence-electron chi connectivity index (χ2n) is 5.73. The van der Waals surface area contributed by atoms with Crippen LogP contribution in [0, 0.1) is 5.92 Å². The molecule has 0 aromatic rings. The Balaban J connectivity index is 2.57. The summed E-state index contributed by atoms with van der Waals surface area (Å²) < 4.78 is 4.64. The van der Waals surface area contributed by atoms with Crippen molar-refractivity contribution in [3.05, 3.63) is 22.8 Å². The van der Waals surface area contributed by atoms with Gasteiger partial charge in [-0.15, -0.1) is 0 Å². The molecule has 0 saturated heterocycles.